The van der Waals surface area contributed by atoms with Crippen molar-refractivity contribution < 1.29 is 9.47 Å². The van der Waals surface area contributed by atoms with Crippen LogP contribution in [0, 0.1) is 0 Å². The van der Waals surface area contributed by atoms with E-state index in [0.717, 1.165) is 18.0 Å². The molecule has 0 radical (unpaired) electrons. The van der Waals surface area contributed by atoms with E-state index in [0.29, 0.717) is 0 Å². The zero-order chi connectivity index (χ0) is 18.5. The third kappa shape index (κ3) is 3.89. The van der Waals surface area contributed by atoms with E-state index >= 15 is 0 Å². The van der Waals surface area contributed by atoms with Gasteiger partial charge in [-0.3, -0.25) is 0 Å². The van der Waals surface area contributed by atoms with Gasteiger partial charge in [-0.05, 0) is 66.2 Å². The van der Waals surface area contributed by atoms with E-state index in [9.17, 15) is 0 Å². The van der Waals surface area contributed by atoms with Crippen LogP contribution >= 0.6 is 0 Å². The summed E-state index contributed by atoms with van der Waals surface area (Å²) in [7, 11) is 7.58. The van der Waals surface area contributed by atoms with Crippen molar-refractivity contribution in [2.75, 3.05) is 28.3 Å². The SMILES string of the molecule is COc1ccc(-c2cccc(-c3ccc(OC)cc3)c2CN(C)C)cc1. The van der Waals surface area contributed by atoms with Crippen molar-refractivity contribution >= 4 is 0 Å². The quantitative estimate of drug-likeness (QED) is 0.619. The summed E-state index contributed by atoms with van der Waals surface area (Å²) < 4.78 is 10.6. The number of benzene rings is 3. The van der Waals surface area contributed by atoms with Gasteiger partial charge in [0, 0.05) is 6.54 Å². The van der Waals surface area contributed by atoms with E-state index in [-0.39, 0.29) is 0 Å². The van der Waals surface area contributed by atoms with Crippen LogP contribution in [0.5, 0.6) is 11.5 Å². The van der Waals surface area contributed by atoms with Crippen molar-refractivity contribution in [3.8, 4) is 33.8 Å². The molecular weight excluding hydrogens is 322 g/mol. The Bertz CT molecular complexity index is 787. The first-order valence-corrected chi connectivity index (χ1v) is 8.68. The van der Waals surface area contributed by atoms with Gasteiger partial charge in [0.25, 0.3) is 0 Å². The number of nitrogens with zero attached hydrogens (tertiary/aromatic N) is 1. The summed E-state index contributed by atoms with van der Waals surface area (Å²) in [4.78, 5) is 2.20. The van der Waals surface area contributed by atoms with Gasteiger partial charge in [-0.15, -0.1) is 0 Å². The molecular formula is C23H25NO2. The molecule has 0 bridgehead atoms. The van der Waals surface area contributed by atoms with Gasteiger partial charge in [0.1, 0.15) is 11.5 Å². The molecule has 0 spiro atoms. The molecule has 0 aliphatic carbocycles. The smallest absolute Gasteiger partial charge is 0.118 e. The number of rotatable bonds is 6. The van der Waals surface area contributed by atoms with E-state index in [4.69, 9.17) is 9.47 Å². The van der Waals surface area contributed by atoms with Gasteiger partial charge in [-0.1, -0.05) is 42.5 Å². The first-order chi connectivity index (χ1) is 12.6. The average Bonchev–Trinajstić information content (AvgIpc) is 2.68. The molecule has 0 amide bonds. The van der Waals surface area contributed by atoms with Crippen molar-refractivity contribution in [2.45, 2.75) is 6.54 Å². The predicted molar refractivity (Wildman–Crippen MR) is 108 cm³/mol. The Morgan fingerprint density at radius 2 is 1.08 bits per heavy atom. The Hall–Kier alpha value is -2.78. The maximum absolute atomic E-state index is 5.29. The third-order valence-electron chi connectivity index (χ3n) is 4.45. The van der Waals surface area contributed by atoms with Crippen LogP contribution in [0.2, 0.25) is 0 Å². The maximum atomic E-state index is 5.29. The molecule has 0 unspecified atom stereocenters. The van der Waals surface area contributed by atoms with Crippen LogP contribution in [0.3, 0.4) is 0 Å². The maximum Gasteiger partial charge on any atom is 0.118 e. The summed E-state index contributed by atoms with van der Waals surface area (Å²) in [6.45, 7) is 0.865. The van der Waals surface area contributed by atoms with E-state index in [2.05, 4.69) is 61.5 Å². The van der Waals surface area contributed by atoms with Crippen LogP contribution in [-0.2, 0) is 6.54 Å². The molecule has 0 atom stereocenters. The second kappa shape index (κ2) is 8.07. The monoisotopic (exact) mass is 347 g/mol. The van der Waals surface area contributed by atoms with Crippen LogP contribution < -0.4 is 9.47 Å². The third-order valence-corrected chi connectivity index (χ3v) is 4.45. The standard InChI is InChI=1S/C23H25NO2/c1-24(2)16-23-21(17-8-12-19(25-3)13-9-17)6-5-7-22(23)18-10-14-20(26-4)15-11-18/h5-15H,16H2,1-4H3. The van der Waals surface area contributed by atoms with E-state index in [1.165, 1.54) is 27.8 Å². The Balaban J connectivity index is 2.11. The lowest BCUT2D eigenvalue weighted by Crippen LogP contribution is -2.12. The Morgan fingerprint density at radius 3 is 1.42 bits per heavy atom. The summed E-state index contributed by atoms with van der Waals surface area (Å²) >= 11 is 0. The highest BCUT2D eigenvalue weighted by atomic mass is 16.5. The molecule has 0 aliphatic rings. The second-order valence-electron chi connectivity index (χ2n) is 6.53. The molecule has 3 nitrogen and oxygen atoms in total. The van der Waals surface area contributed by atoms with E-state index < -0.39 is 0 Å². The van der Waals surface area contributed by atoms with Gasteiger partial charge in [0.05, 0.1) is 14.2 Å². The fourth-order valence-corrected chi connectivity index (χ4v) is 3.16. The summed E-state index contributed by atoms with van der Waals surface area (Å²) in [5.41, 5.74) is 6.19. The highest BCUT2D eigenvalue weighted by molar-refractivity contribution is 5.79. The van der Waals surface area contributed by atoms with E-state index in [1.54, 1.807) is 14.2 Å². The molecule has 0 aromatic heterocycles. The number of hydrogen-bond donors (Lipinski definition) is 0. The van der Waals surface area contributed by atoms with Gasteiger partial charge < -0.3 is 14.4 Å². The molecule has 0 fully saturated rings. The van der Waals surface area contributed by atoms with Gasteiger partial charge in [-0.25, -0.2) is 0 Å². The van der Waals surface area contributed by atoms with Crippen molar-refractivity contribution in [2.24, 2.45) is 0 Å². The summed E-state index contributed by atoms with van der Waals surface area (Å²) in [5.74, 6) is 1.74. The molecule has 134 valence electrons. The van der Waals surface area contributed by atoms with Crippen molar-refractivity contribution in [1.29, 1.82) is 0 Å². The largest absolute Gasteiger partial charge is 0.497 e. The van der Waals surface area contributed by atoms with Crippen LogP contribution in [-0.4, -0.2) is 33.2 Å². The van der Waals surface area contributed by atoms with Gasteiger partial charge >= 0.3 is 0 Å². The number of methoxy groups -OCH3 is 2. The summed E-state index contributed by atoms with van der Waals surface area (Å²) in [6, 6.07) is 23.0. The summed E-state index contributed by atoms with van der Waals surface area (Å²) in [5, 5.41) is 0. The molecule has 0 saturated carbocycles. The highest BCUT2D eigenvalue weighted by Crippen LogP contribution is 2.34. The predicted octanol–water partition coefficient (Wildman–Crippen LogP) is 5.10. The van der Waals surface area contributed by atoms with Gasteiger partial charge in [0.2, 0.25) is 0 Å². The minimum Gasteiger partial charge on any atom is -0.497 e. The Morgan fingerprint density at radius 1 is 0.654 bits per heavy atom. The fraction of sp³-hybridized carbons (Fsp3) is 0.217. The first kappa shape index (κ1) is 18.0. The Kier molecular flexibility index (Phi) is 5.59. The molecule has 3 aromatic rings. The first-order valence-electron chi connectivity index (χ1n) is 8.68. The van der Waals surface area contributed by atoms with Crippen LogP contribution in [0.4, 0.5) is 0 Å². The van der Waals surface area contributed by atoms with Crippen molar-refractivity contribution in [1.82, 2.24) is 4.90 Å². The average molecular weight is 347 g/mol. The second-order valence-corrected chi connectivity index (χ2v) is 6.53. The number of ether oxygens (including phenoxy) is 2. The van der Waals surface area contributed by atoms with E-state index in [1.807, 2.05) is 24.3 Å². The normalized spacial score (nSPS) is 10.8. The zero-order valence-electron chi connectivity index (χ0n) is 15.8. The van der Waals surface area contributed by atoms with Crippen LogP contribution in [0.15, 0.2) is 66.7 Å². The molecule has 0 saturated heterocycles. The molecule has 0 heterocycles. The Labute approximate surface area is 155 Å². The van der Waals surface area contributed by atoms with Crippen molar-refractivity contribution in [3.05, 3.63) is 72.3 Å². The van der Waals surface area contributed by atoms with Gasteiger partial charge in [0.15, 0.2) is 0 Å². The summed E-state index contributed by atoms with van der Waals surface area (Å²) in [6.07, 6.45) is 0. The number of hydrogen-bond acceptors (Lipinski definition) is 3. The molecule has 0 N–H and O–H groups in total. The van der Waals surface area contributed by atoms with Gasteiger partial charge in [-0.2, -0.15) is 0 Å². The van der Waals surface area contributed by atoms with Crippen LogP contribution in [0.25, 0.3) is 22.3 Å². The van der Waals surface area contributed by atoms with Crippen molar-refractivity contribution in [3.63, 3.8) is 0 Å². The molecule has 26 heavy (non-hydrogen) atoms. The lowest BCUT2D eigenvalue weighted by Gasteiger charge is -2.19. The molecule has 3 aromatic carbocycles. The minimum atomic E-state index is 0.865. The fourth-order valence-electron chi connectivity index (χ4n) is 3.16. The topological polar surface area (TPSA) is 21.7 Å². The highest BCUT2D eigenvalue weighted by Gasteiger charge is 2.13. The minimum absolute atomic E-state index is 0.865. The molecule has 0 aliphatic heterocycles. The lowest BCUT2D eigenvalue weighted by molar-refractivity contribution is 0.403. The lowest BCUT2D eigenvalue weighted by atomic mass is 9.91. The zero-order valence-corrected chi connectivity index (χ0v) is 15.8. The molecule has 3 rings (SSSR count). The van der Waals surface area contributed by atoms with Crippen LogP contribution in [0.1, 0.15) is 5.56 Å². The molecule has 3 heteroatoms.